The SMILES string of the molecule is COCC(O)CN(C)CCCOc1ccc(Cl)cc1. The summed E-state index contributed by atoms with van der Waals surface area (Å²) in [6.07, 6.45) is 0.464. The van der Waals surface area contributed by atoms with Crippen molar-refractivity contribution in [2.24, 2.45) is 0 Å². The Bertz CT molecular complexity index is 345. The highest BCUT2D eigenvalue weighted by molar-refractivity contribution is 6.30. The fraction of sp³-hybridized carbons (Fsp3) is 0.571. The summed E-state index contributed by atoms with van der Waals surface area (Å²) in [4.78, 5) is 2.06. The Labute approximate surface area is 119 Å². The summed E-state index contributed by atoms with van der Waals surface area (Å²) in [7, 11) is 3.56. The molecule has 4 nitrogen and oxygen atoms in total. The van der Waals surface area contributed by atoms with Crippen LogP contribution in [0.2, 0.25) is 5.02 Å². The molecule has 0 radical (unpaired) electrons. The van der Waals surface area contributed by atoms with E-state index in [-0.39, 0.29) is 0 Å². The second kappa shape index (κ2) is 9.15. The smallest absolute Gasteiger partial charge is 0.119 e. The van der Waals surface area contributed by atoms with Crippen molar-refractivity contribution < 1.29 is 14.6 Å². The Kier molecular flexibility index (Phi) is 7.82. The fourth-order valence-corrected chi connectivity index (χ4v) is 1.88. The third-order valence-electron chi connectivity index (χ3n) is 2.65. The van der Waals surface area contributed by atoms with Crippen LogP contribution in [0.1, 0.15) is 6.42 Å². The Balaban J connectivity index is 2.11. The number of hydrogen-bond acceptors (Lipinski definition) is 4. The molecule has 19 heavy (non-hydrogen) atoms. The van der Waals surface area contributed by atoms with Crippen LogP contribution in [-0.4, -0.2) is 56.6 Å². The largest absolute Gasteiger partial charge is 0.494 e. The van der Waals surface area contributed by atoms with Gasteiger partial charge in [0, 0.05) is 25.2 Å². The molecule has 0 fully saturated rings. The first-order chi connectivity index (χ1) is 9.11. The minimum Gasteiger partial charge on any atom is -0.494 e. The second-order valence-electron chi connectivity index (χ2n) is 4.53. The molecule has 1 atom stereocenters. The molecule has 0 heterocycles. The van der Waals surface area contributed by atoms with Gasteiger partial charge in [-0.25, -0.2) is 0 Å². The number of aliphatic hydroxyl groups excluding tert-OH is 1. The molecule has 1 aromatic carbocycles. The lowest BCUT2D eigenvalue weighted by Crippen LogP contribution is -2.33. The van der Waals surface area contributed by atoms with Gasteiger partial charge in [0.2, 0.25) is 0 Å². The molecule has 0 spiro atoms. The van der Waals surface area contributed by atoms with Crippen molar-refractivity contribution in [2.45, 2.75) is 12.5 Å². The summed E-state index contributed by atoms with van der Waals surface area (Å²) >= 11 is 5.79. The molecule has 0 aliphatic rings. The van der Waals surface area contributed by atoms with Crippen LogP contribution in [0.5, 0.6) is 5.75 Å². The molecule has 0 aromatic heterocycles. The topological polar surface area (TPSA) is 41.9 Å². The number of aliphatic hydroxyl groups is 1. The number of benzene rings is 1. The van der Waals surface area contributed by atoms with Crippen LogP contribution >= 0.6 is 11.6 Å². The van der Waals surface area contributed by atoms with Crippen molar-refractivity contribution in [3.05, 3.63) is 29.3 Å². The monoisotopic (exact) mass is 287 g/mol. The van der Waals surface area contributed by atoms with Gasteiger partial charge in [0.1, 0.15) is 5.75 Å². The van der Waals surface area contributed by atoms with Gasteiger partial charge >= 0.3 is 0 Å². The van der Waals surface area contributed by atoms with Gasteiger partial charge in [0.25, 0.3) is 0 Å². The highest BCUT2D eigenvalue weighted by Crippen LogP contribution is 2.15. The summed E-state index contributed by atoms with van der Waals surface area (Å²) in [6, 6.07) is 7.33. The number of hydrogen-bond donors (Lipinski definition) is 1. The summed E-state index contributed by atoms with van der Waals surface area (Å²) in [5.74, 6) is 0.825. The van der Waals surface area contributed by atoms with Gasteiger partial charge in [0.15, 0.2) is 0 Å². The quantitative estimate of drug-likeness (QED) is 0.706. The van der Waals surface area contributed by atoms with Crippen molar-refractivity contribution in [3.63, 3.8) is 0 Å². The lowest BCUT2D eigenvalue weighted by Gasteiger charge is -2.20. The summed E-state index contributed by atoms with van der Waals surface area (Å²) in [5.41, 5.74) is 0. The lowest BCUT2D eigenvalue weighted by atomic mass is 10.3. The molecule has 108 valence electrons. The summed E-state index contributed by atoms with van der Waals surface area (Å²) in [6.45, 7) is 2.49. The Morgan fingerprint density at radius 1 is 1.32 bits per heavy atom. The number of rotatable bonds is 9. The minimum atomic E-state index is -0.438. The van der Waals surface area contributed by atoms with E-state index < -0.39 is 6.10 Å². The first-order valence-corrected chi connectivity index (χ1v) is 6.73. The van der Waals surface area contributed by atoms with E-state index in [4.69, 9.17) is 21.1 Å². The van der Waals surface area contributed by atoms with Crippen molar-refractivity contribution in [2.75, 3.05) is 40.5 Å². The van der Waals surface area contributed by atoms with Gasteiger partial charge in [0.05, 0.1) is 19.3 Å². The maximum Gasteiger partial charge on any atom is 0.119 e. The average Bonchev–Trinajstić information content (AvgIpc) is 2.37. The standard InChI is InChI=1S/C14H22ClNO3/c1-16(10-13(17)11-18-2)8-3-9-19-14-6-4-12(15)5-7-14/h4-7,13,17H,3,8-11H2,1-2H3. The molecule has 1 unspecified atom stereocenters. The zero-order valence-corrected chi connectivity index (χ0v) is 12.3. The van der Waals surface area contributed by atoms with Crippen molar-refractivity contribution in [1.82, 2.24) is 4.90 Å². The zero-order valence-electron chi connectivity index (χ0n) is 11.5. The maximum atomic E-state index is 9.57. The number of nitrogens with zero attached hydrogens (tertiary/aromatic N) is 1. The normalized spacial score (nSPS) is 12.7. The number of ether oxygens (including phenoxy) is 2. The Morgan fingerprint density at radius 2 is 2.00 bits per heavy atom. The minimum absolute atomic E-state index is 0.367. The van der Waals surface area contributed by atoms with Gasteiger partial charge in [-0.2, -0.15) is 0 Å². The molecule has 1 N–H and O–H groups in total. The maximum absolute atomic E-state index is 9.57. The molecule has 1 aromatic rings. The fourth-order valence-electron chi connectivity index (χ4n) is 1.75. The third kappa shape index (κ3) is 7.38. The van der Waals surface area contributed by atoms with Gasteiger partial charge < -0.3 is 19.5 Å². The van der Waals surface area contributed by atoms with Crippen LogP contribution in [0.3, 0.4) is 0 Å². The van der Waals surface area contributed by atoms with E-state index >= 15 is 0 Å². The van der Waals surface area contributed by atoms with Gasteiger partial charge in [-0.3, -0.25) is 0 Å². The van der Waals surface area contributed by atoms with Gasteiger partial charge in [-0.15, -0.1) is 0 Å². The first-order valence-electron chi connectivity index (χ1n) is 6.35. The molecule has 0 saturated carbocycles. The zero-order chi connectivity index (χ0) is 14.1. The third-order valence-corrected chi connectivity index (χ3v) is 2.90. The molecule has 0 aliphatic heterocycles. The van der Waals surface area contributed by atoms with Crippen LogP contribution in [-0.2, 0) is 4.74 Å². The summed E-state index contributed by atoms with van der Waals surface area (Å²) < 4.78 is 10.5. The molecule has 0 bridgehead atoms. The molecule has 0 saturated heterocycles. The van der Waals surface area contributed by atoms with Crippen LogP contribution in [0, 0.1) is 0 Å². The van der Waals surface area contributed by atoms with Crippen molar-refractivity contribution in [1.29, 1.82) is 0 Å². The van der Waals surface area contributed by atoms with Crippen LogP contribution in [0.25, 0.3) is 0 Å². The highest BCUT2D eigenvalue weighted by atomic mass is 35.5. The van der Waals surface area contributed by atoms with E-state index in [1.165, 1.54) is 0 Å². The molecule has 1 rings (SSSR count). The van der Waals surface area contributed by atoms with Crippen LogP contribution in [0.4, 0.5) is 0 Å². The molecular formula is C14H22ClNO3. The van der Waals surface area contributed by atoms with Crippen molar-refractivity contribution >= 4 is 11.6 Å². The van der Waals surface area contributed by atoms with Gasteiger partial charge in [-0.1, -0.05) is 11.6 Å². The molecule has 0 amide bonds. The second-order valence-corrected chi connectivity index (χ2v) is 4.96. The van der Waals surface area contributed by atoms with Crippen molar-refractivity contribution in [3.8, 4) is 5.75 Å². The molecule has 5 heteroatoms. The van der Waals surface area contributed by atoms with E-state index in [0.29, 0.717) is 24.8 Å². The lowest BCUT2D eigenvalue weighted by molar-refractivity contribution is 0.0424. The molecular weight excluding hydrogens is 266 g/mol. The van der Waals surface area contributed by atoms with Crippen LogP contribution in [0.15, 0.2) is 24.3 Å². The molecule has 0 aliphatic carbocycles. The Hall–Kier alpha value is -0.810. The van der Waals surface area contributed by atoms with Crippen LogP contribution < -0.4 is 4.74 Å². The predicted molar refractivity (Wildman–Crippen MR) is 76.9 cm³/mol. The van der Waals surface area contributed by atoms with E-state index in [1.54, 1.807) is 7.11 Å². The first kappa shape index (κ1) is 16.2. The van der Waals surface area contributed by atoms with E-state index in [1.807, 2.05) is 31.3 Å². The summed E-state index contributed by atoms with van der Waals surface area (Å²) in [5, 5.41) is 10.3. The highest BCUT2D eigenvalue weighted by Gasteiger charge is 2.07. The number of halogens is 1. The van der Waals surface area contributed by atoms with Gasteiger partial charge in [-0.05, 0) is 37.7 Å². The average molecular weight is 288 g/mol. The van der Waals surface area contributed by atoms with E-state index in [9.17, 15) is 5.11 Å². The number of likely N-dealkylation sites (N-methyl/N-ethyl adjacent to an activating group) is 1. The number of methoxy groups -OCH3 is 1. The van der Waals surface area contributed by atoms with E-state index in [2.05, 4.69) is 4.90 Å². The van der Waals surface area contributed by atoms with E-state index in [0.717, 1.165) is 18.7 Å². The predicted octanol–water partition coefficient (Wildman–Crippen LogP) is 2.05. The Morgan fingerprint density at radius 3 is 2.63 bits per heavy atom.